The first kappa shape index (κ1) is 20.5. The van der Waals surface area contributed by atoms with Gasteiger partial charge in [-0.1, -0.05) is 11.6 Å². The first-order chi connectivity index (χ1) is 11.8. The number of thiophene rings is 1. The van der Waals surface area contributed by atoms with Crippen LogP contribution in [0.2, 0.25) is 4.34 Å². The Hall–Kier alpha value is -0.830. The van der Waals surface area contributed by atoms with Gasteiger partial charge in [-0.2, -0.15) is 0 Å². The zero-order chi connectivity index (χ0) is 18.5. The monoisotopic (exact) mass is 407 g/mol. The molecule has 2 heterocycles. The summed E-state index contributed by atoms with van der Waals surface area (Å²) in [4.78, 5) is 7.76. The van der Waals surface area contributed by atoms with Gasteiger partial charge in [0.05, 0.1) is 22.2 Å². The third-order valence-electron chi connectivity index (χ3n) is 4.43. The van der Waals surface area contributed by atoms with E-state index < -0.39 is 14.6 Å². The van der Waals surface area contributed by atoms with Crippen LogP contribution in [0.15, 0.2) is 17.1 Å². The molecule has 25 heavy (non-hydrogen) atoms. The molecule has 1 aliphatic rings. The molecule has 0 aliphatic carbocycles. The summed E-state index contributed by atoms with van der Waals surface area (Å²) in [5, 5.41) is 3.24. The van der Waals surface area contributed by atoms with Crippen LogP contribution in [-0.2, 0) is 21.1 Å². The highest BCUT2D eigenvalue weighted by atomic mass is 35.5. The van der Waals surface area contributed by atoms with Crippen molar-refractivity contribution in [1.29, 1.82) is 0 Å². The Morgan fingerprint density at radius 2 is 2.12 bits per heavy atom. The van der Waals surface area contributed by atoms with E-state index in [1.807, 2.05) is 31.0 Å². The highest BCUT2D eigenvalue weighted by Crippen LogP contribution is 2.30. The summed E-state index contributed by atoms with van der Waals surface area (Å²) in [6.45, 7) is 4.53. The lowest BCUT2D eigenvalue weighted by atomic mass is 9.99. The minimum absolute atomic E-state index is 0.243. The van der Waals surface area contributed by atoms with Crippen molar-refractivity contribution in [2.75, 3.05) is 39.6 Å². The molecule has 0 atom stereocenters. The molecule has 0 aromatic carbocycles. The first-order valence-corrected chi connectivity index (χ1v) is 11.4. The van der Waals surface area contributed by atoms with E-state index in [0.29, 0.717) is 45.1 Å². The second-order valence-corrected chi connectivity index (χ2v) is 10.5. The van der Waals surface area contributed by atoms with Crippen LogP contribution in [0.1, 0.15) is 24.6 Å². The molecular weight excluding hydrogens is 382 g/mol. The van der Waals surface area contributed by atoms with E-state index in [0.717, 1.165) is 9.21 Å². The molecule has 1 fully saturated rings. The molecule has 2 rings (SSSR count). The van der Waals surface area contributed by atoms with Gasteiger partial charge in [-0.25, -0.2) is 8.42 Å². The molecule has 0 spiro atoms. The van der Waals surface area contributed by atoms with Gasteiger partial charge >= 0.3 is 0 Å². The molecule has 1 aromatic heterocycles. The number of rotatable bonds is 6. The van der Waals surface area contributed by atoms with E-state index in [1.54, 1.807) is 0 Å². The van der Waals surface area contributed by atoms with Crippen LogP contribution in [0.4, 0.5) is 0 Å². The zero-order valence-electron chi connectivity index (χ0n) is 14.9. The number of sulfone groups is 1. The molecule has 6 nitrogen and oxygen atoms in total. The van der Waals surface area contributed by atoms with Crippen LogP contribution in [0.25, 0.3) is 0 Å². The van der Waals surface area contributed by atoms with Crippen LogP contribution in [0, 0.1) is 0 Å². The molecule has 0 saturated carbocycles. The number of nitrogens with one attached hydrogen (secondary N) is 1. The topological polar surface area (TPSA) is 71.0 Å². The second-order valence-electron chi connectivity index (χ2n) is 6.30. The Labute approximate surface area is 159 Å². The van der Waals surface area contributed by atoms with Crippen molar-refractivity contribution in [3.05, 3.63) is 21.3 Å². The van der Waals surface area contributed by atoms with Crippen LogP contribution >= 0.6 is 22.9 Å². The number of hydrogen-bond acceptors (Lipinski definition) is 5. The minimum Gasteiger partial charge on any atom is -0.381 e. The van der Waals surface area contributed by atoms with Gasteiger partial charge in [0.1, 0.15) is 0 Å². The molecule has 1 N–H and O–H groups in total. The van der Waals surface area contributed by atoms with Gasteiger partial charge in [-0.15, -0.1) is 11.3 Å². The van der Waals surface area contributed by atoms with E-state index in [-0.39, 0.29) is 6.54 Å². The van der Waals surface area contributed by atoms with Gasteiger partial charge in [0.25, 0.3) is 0 Å². The molecule has 142 valence electrons. The lowest BCUT2D eigenvalue weighted by molar-refractivity contribution is 0.0767. The first-order valence-electron chi connectivity index (χ1n) is 8.28. The van der Waals surface area contributed by atoms with Crippen molar-refractivity contribution in [2.45, 2.75) is 31.1 Å². The van der Waals surface area contributed by atoms with Crippen LogP contribution in [0.3, 0.4) is 0 Å². The standard InChI is InChI=1S/C16H26ClN3O3S2/c1-4-18-15(20(2)11-13-5-6-14(17)24-13)19-12-16(25(3,21)22)7-9-23-10-8-16/h5-6H,4,7-12H2,1-3H3,(H,18,19). The van der Waals surface area contributed by atoms with Gasteiger partial charge in [-0.05, 0) is 31.9 Å². The summed E-state index contributed by atoms with van der Waals surface area (Å²) in [6.07, 6.45) is 2.27. The van der Waals surface area contributed by atoms with E-state index in [4.69, 9.17) is 16.3 Å². The summed E-state index contributed by atoms with van der Waals surface area (Å²) >= 11 is 7.52. The normalized spacial score (nSPS) is 18.2. The third kappa shape index (κ3) is 5.32. The van der Waals surface area contributed by atoms with Gasteiger partial charge < -0.3 is 15.0 Å². The van der Waals surface area contributed by atoms with E-state index in [2.05, 4.69) is 10.3 Å². The fraction of sp³-hybridized carbons (Fsp3) is 0.688. The maximum absolute atomic E-state index is 12.4. The predicted octanol–water partition coefficient (Wildman–Crippen LogP) is 2.39. The highest BCUT2D eigenvalue weighted by Gasteiger charge is 2.42. The fourth-order valence-electron chi connectivity index (χ4n) is 2.82. The van der Waals surface area contributed by atoms with Gasteiger partial charge in [0.15, 0.2) is 15.8 Å². The average Bonchev–Trinajstić information content (AvgIpc) is 2.96. The number of halogens is 1. The summed E-state index contributed by atoms with van der Waals surface area (Å²) in [6, 6.07) is 3.86. The SMILES string of the molecule is CCNC(=NCC1(S(C)(=O)=O)CCOCC1)N(C)Cc1ccc(Cl)s1. The summed E-state index contributed by atoms with van der Waals surface area (Å²) in [5.41, 5.74) is 0. The van der Waals surface area contributed by atoms with Crippen molar-refractivity contribution >= 4 is 38.7 Å². The molecule has 1 aliphatic heterocycles. The Morgan fingerprint density at radius 1 is 1.44 bits per heavy atom. The molecule has 0 bridgehead atoms. The van der Waals surface area contributed by atoms with E-state index >= 15 is 0 Å². The quantitative estimate of drug-likeness (QED) is 0.579. The highest BCUT2D eigenvalue weighted by molar-refractivity contribution is 7.92. The van der Waals surface area contributed by atoms with Crippen molar-refractivity contribution in [3.63, 3.8) is 0 Å². The summed E-state index contributed by atoms with van der Waals surface area (Å²) in [5.74, 6) is 0.696. The number of ether oxygens (including phenoxy) is 1. The average molecular weight is 408 g/mol. The van der Waals surface area contributed by atoms with Crippen LogP contribution < -0.4 is 5.32 Å². The maximum Gasteiger partial charge on any atom is 0.194 e. The second kappa shape index (κ2) is 8.70. The molecule has 0 unspecified atom stereocenters. The lowest BCUT2D eigenvalue weighted by Gasteiger charge is -2.34. The van der Waals surface area contributed by atoms with Crippen molar-refractivity contribution in [3.8, 4) is 0 Å². The molecule has 1 aromatic rings. The number of hydrogen-bond donors (Lipinski definition) is 1. The van der Waals surface area contributed by atoms with E-state index in [9.17, 15) is 8.42 Å². The summed E-state index contributed by atoms with van der Waals surface area (Å²) in [7, 11) is -1.29. The zero-order valence-corrected chi connectivity index (χ0v) is 17.3. The van der Waals surface area contributed by atoms with Crippen LogP contribution in [-0.4, -0.2) is 63.6 Å². The van der Waals surface area contributed by atoms with Gasteiger partial charge in [0, 0.05) is 37.9 Å². The van der Waals surface area contributed by atoms with Crippen LogP contribution in [0.5, 0.6) is 0 Å². The predicted molar refractivity (Wildman–Crippen MR) is 104 cm³/mol. The van der Waals surface area contributed by atoms with Crippen molar-refractivity contribution < 1.29 is 13.2 Å². The summed E-state index contributed by atoms with van der Waals surface area (Å²) < 4.78 is 30.0. The number of nitrogens with zero attached hydrogens (tertiary/aromatic N) is 2. The smallest absolute Gasteiger partial charge is 0.194 e. The Kier molecular flexibility index (Phi) is 7.13. The Balaban J connectivity index is 2.16. The fourth-order valence-corrected chi connectivity index (χ4v) is 5.17. The third-order valence-corrected chi connectivity index (χ3v) is 7.75. The Morgan fingerprint density at radius 3 is 2.64 bits per heavy atom. The van der Waals surface area contributed by atoms with E-state index in [1.165, 1.54) is 17.6 Å². The maximum atomic E-state index is 12.4. The van der Waals surface area contributed by atoms with Gasteiger partial charge in [-0.3, -0.25) is 4.99 Å². The van der Waals surface area contributed by atoms with Gasteiger partial charge in [0.2, 0.25) is 0 Å². The lowest BCUT2D eigenvalue weighted by Crippen LogP contribution is -2.47. The molecule has 0 radical (unpaired) electrons. The number of aliphatic imine (C=N–C) groups is 1. The molecule has 9 heteroatoms. The molecule has 1 saturated heterocycles. The largest absolute Gasteiger partial charge is 0.381 e. The molecular formula is C16H26ClN3O3S2. The van der Waals surface area contributed by atoms with Crippen molar-refractivity contribution in [2.24, 2.45) is 4.99 Å². The Bertz CT molecular complexity index is 697. The number of guanidine groups is 1. The van der Waals surface area contributed by atoms with Crippen molar-refractivity contribution in [1.82, 2.24) is 10.2 Å². The molecule has 0 amide bonds. The minimum atomic E-state index is -3.23.